The maximum atomic E-state index is 12.8. The van der Waals surface area contributed by atoms with Crippen molar-refractivity contribution >= 4 is 17.9 Å². The predicted octanol–water partition coefficient (Wildman–Crippen LogP) is 19.9. The molecule has 0 heterocycles. The Hall–Kier alpha value is -2.11. The molecule has 0 aromatic heterocycles. The van der Waals surface area contributed by atoms with Gasteiger partial charge in [-0.25, -0.2) is 0 Å². The molecule has 0 aliphatic carbocycles. The molecule has 1 atom stereocenters. The Morgan fingerprint density at radius 3 is 0.791 bits per heavy atom. The van der Waals surface area contributed by atoms with Gasteiger partial charge in [-0.2, -0.15) is 0 Å². The Morgan fingerprint density at radius 2 is 0.507 bits per heavy atom. The minimum Gasteiger partial charge on any atom is -0.462 e. The molecule has 6 nitrogen and oxygen atoms in total. The van der Waals surface area contributed by atoms with Gasteiger partial charge in [0.25, 0.3) is 0 Å². The molecule has 0 amide bonds. The molecule has 0 fully saturated rings. The van der Waals surface area contributed by atoms with Gasteiger partial charge < -0.3 is 14.2 Å². The third-order valence-corrected chi connectivity index (χ3v) is 13.4. The summed E-state index contributed by atoms with van der Waals surface area (Å²) >= 11 is 0. The average molecular weight is 944 g/mol. The molecule has 0 N–H and O–H groups in total. The zero-order valence-corrected chi connectivity index (χ0v) is 45.2. The fraction of sp³-hybridized carbons (Fsp3) is 0.885. The minimum atomic E-state index is -0.773. The van der Waals surface area contributed by atoms with Crippen LogP contribution >= 0.6 is 0 Å². The number of hydrogen-bond donors (Lipinski definition) is 0. The first-order valence-corrected chi connectivity index (χ1v) is 29.8. The Balaban J connectivity index is 4.23. The number of esters is 3. The van der Waals surface area contributed by atoms with Crippen molar-refractivity contribution in [1.29, 1.82) is 0 Å². The van der Waals surface area contributed by atoms with Crippen LogP contribution in [0.2, 0.25) is 0 Å². The minimum absolute atomic E-state index is 0.0716. The summed E-state index contributed by atoms with van der Waals surface area (Å²) in [4.78, 5) is 38.1. The lowest BCUT2D eigenvalue weighted by molar-refractivity contribution is -0.167. The summed E-state index contributed by atoms with van der Waals surface area (Å²) in [6, 6.07) is 0. The second-order valence-electron chi connectivity index (χ2n) is 20.3. The number of rotatable bonds is 55. The molecule has 0 aromatic rings. The molecule has 6 heteroatoms. The summed E-state index contributed by atoms with van der Waals surface area (Å²) in [5.41, 5.74) is 0. The van der Waals surface area contributed by atoms with Gasteiger partial charge >= 0.3 is 17.9 Å². The highest BCUT2D eigenvalue weighted by Crippen LogP contribution is 2.17. The van der Waals surface area contributed by atoms with Crippen LogP contribution < -0.4 is 0 Å². The number of ether oxygens (including phenoxy) is 3. The van der Waals surface area contributed by atoms with E-state index in [-0.39, 0.29) is 31.1 Å². The highest BCUT2D eigenvalue weighted by molar-refractivity contribution is 5.71. The van der Waals surface area contributed by atoms with Crippen LogP contribution in [0.15, 0.2) is 24.3 Å². The van der Waals surface area contributed by atoms with Gasteiger partial charge in [-0.1, -0.05) is 270 Å². The van der Waals surface area contributed by atoms with Crippen molar-refractivity contribution in [2.45, 2.75) is 335 Å². The van der Waals surface area contributed by atoms with E-state index in [9.17, 15) is 14.4 Å². The number of allylic oxidation sites excluding steroid dienone is 4. The fourth-order valence-electron chi connectivity index (χ4n) is 8.89. The lowest BCUT2D eigenvalue weighted by Crippen LogP contribution is -2.30. The Kier molecular flexibility index (Phi) is 54.7. The summed E-state index contributed by atoms with van der Waals surface area (Å²) in [6.45, 7) is 6.64. The fourth-order valence-corrected chi connectivity index (χ4v) is 8.89. The number of unbranched alkanes of at least 4 members (excludes halogenated alkanes) is 40. The van der Waals surface area contributed by atoms with Crippen molar-refractivity contribution in [3.63, 3.8) is 0 Å². The molecule has 0 aromatic carbocycles. The van der Waals surface area contributed by atoms with E-state index < -0.39 is 6.10 Å². The van der Waals surface area contributed by atoms with Gasteiger partial charge in [0.1, 0.15) is 13.2 Å². The normalized spacial score (nSPS) is 12.1. The Bertz CT molecular complexity index is 1080. The predicted molar refractivity (Wildman–Crippen MR) is 289 cm³/mol. The van der Waals surface area contributed by atoms with Crippen LogP contribution in [0.5, 0.6) is 0 Å². The molecular formula is C61H114O6. The van der Waals surface area contributed by atoms with E-state index >= 15 is 0 Å². The van der Waals surface area contributed by atoms with Crippen molar-refractivity contribution in [2.75, 3.05) is 13.2 Å². The first-order chi connectivity index (χ1) is 33.0. The lowest BCUT2D eigenvalue weighted by Gasteiger charge is -2.18. The zero-order chi connectivity index (χ0) is 48.6. The third kappa shape index (κ3) is 54.7. The first-order valence-electron chi connectivity index (χ1n) is 29.8. The van der Waals surface area contributed by atoms with E-state index in [0.29, 0.717) is 19.3 Å². The Labute approximate surface area is 417 Å². The average Bonchev–Trinajstić information content (AvgIpc) is 3.33. The molecule has 0 aliphatic heterocycles. The molecule has 0 radical (unpaired) electrons. The second-order valence-corrected chi connectivity index (χ2v) is 20.3. The van der Waals surface area contributed by atoms with Crippen LogP contribution in [0.3, 0.4) is 0 Å². The van der Waals surface area contributed by atoms with Crippen molar-refractivity contribution < 1.29 is 28.6 Å². The maximum Gasteiger partial charge on any atom is 0.306 e. The molecule has 0 unspecified atom stereocenters. The van der Waals surface area contributed by atoms with Crippen LogP contribution in [0.4, 0.5) is 0 Å². The summed E-state index contributed by atoms with van der Waals surface area (Å²) in [6.07, 6.45) is 66.1. The lowest BCUT2D eigenvalue weighted by atomic mass is 10.0. The van der Waals surface area contributed by atoms with E-state index in [2.05, 4.69) is 45.1 Å². The SMILES string of the molecule is CCCC/C=C\CCCCCCCC(=O)O[C@H](COC(=O)CCCCCCCCC/C=C\CCCCCCCC)COC(=O)CCCCCCCCCCCCCCCCCCCCCCC. The first kappa shape index (κ1) is 64.9. The van der Waals surface area contributed by atoms with Crippen molar-refractivity contribution in [2.24, 2.45) is 0 Å². The van der Waals surface area contributed by atoms with Gasteiger partial charge in [0.15, 0.2) is 6.10 Å². The van der Waals surface area contributed by atoms with Gasteiger partial charge in [-0.05, 0) is 64.2 Å². The smallest absolute Gasteiger partial charge is 0.306 e. The number of carbonyl (C=O) groups excluding carboxylic acids is 3. The second kappa shape index (κ2) is 56.5. The third-order valence-electron chi connectivity index (χ3n) is 13.4. The number of carbonyl (C=O) groups is 3. The molecule has 0 spiro atoms. The molecule has 0 saturated heterocycles. The quantitative estimate of drug-likeness (QED) is 0.0262. The van der Waals surface area contributed by atoms with Crippen LogP contribution in [-0.4, -0.2) is 37.2 Å². The summed E-state index contributed by atoms with van der Waals surface area (Å²) in [5, 5.41) is 0. The van der Waals surface area contributed by atoms with Gasteiger partial charge in [-0.15, -0.1) is 0 Å². The van der Waals surface area contributed by atoms with Crippen LogP contribution in [0, 0.1) is 0 Å². The molecular weight excluding hydrogens is 829 g/mol. The van der Waals surface area contributed by atoms with E-state index in [4.69, 9.17) is 14.2 Å². The zero-order valence-electron chi connectivity index (χ0n) is 45.2. The van der Waals surface area contributed by atoms with Gasteiger partial charge in [0, 0.05) is 19.3 Å². The molecule has 67 heavy (non-hydrogen) atoms. The Morgan fingerprint density at radius 1 is 0.284 bits per heavy atom. The largest absolute Gasteiger partial charge is 0.462 e. The van der Waals surface area contributed by atoms with E-state index in [1.165, 1.54) is 225 Å². The molecule has 0 bridgehead atoms. The van der Waals surface area contributed by atoms with Gasteiger partial charge in [-0.3, -0.25) is 14.4 Å². The highest BCUT2D eigenvalue weighted by Gasteiger charge is 2.19. The highest BCUT2D eigenvalue weighted by atomic mass is 16.6. The van der Waals surface area contributed by atoms with Crippen molar-refractivity contribution in [3.8, 4) is 0 Å². The maximum absolute atomic E-state index is 12.8. The molecule has 0 rings (SSSR count). The summed E-state index contributed by atoms with van der Waals surface area (Å²) in [7, 11) is 0. The van der Waals surface area contributed by atoms with Gasteiger partial charge in [0.05, 0.1) is 0 Å². The summed E-state index contributed by atoms with van der Waals surface area (Å²) in [5.74, 6) is -0.866. The van der Waals surface area contributed by atoms with Crippen molar-refractivity contribution in [3.05, 3.63) is 24.3 Å². The standard InChI is InChI=1S/C61H114O6/c1-4-7-10-13-16-19-22-24-26-28-29-30-31-33-35-37-40-42-45-48-51-54-60(63)66-57-58(67-61(64)55-52-49-46-43-38-21-18-15-12-9-6-3)56-65-59(62)53-50-47-44-41-39-36-34-32-27-25-23-20-17-14-11-8-5-2/h15,18,25,27,58H,4-14,16-17,19-24,26,28-57H2,1-3H3/b18-15-,27-25-/t58-/m1/s1. The topological polar surface area (TPSA) is 78.9 Å². The van der Waals surface area contributed by atoms with E-state index in [1.807, 2.05) is 0 Å². The molecule has 0 saturated carbocycles. The summed E-state index contributed by atoms with van der Waals surface area (Å²) < 4.78 is 16.9. The molecule has 0 aliphatic rings. The molecule has 394 valence electrons. The van der Waals surface area contributed by atoms with Crippen LogP contribution in [0.25, 0.3) is 0 Å². The van der Waals surface area contributed by atoms with Crippen LogP contribution in [0.1, 0.15) is 329 Å². The van der Waals surface area contributed by atoms with Gasteiger partial charge in [0.2, 0.25) is 0 Å². The van der Waals surface area contributed by atoms with Crippen molar-refractivity contribution in [1.82, 2.24) is 0 Å². The van der Waals surface area contributed by atoms with E-state index in [0.717, 1.165) is 64.2 Å². The van der Waals surface area contributed by atoms with E-state index in [1.54, 1.807) is 0 Å². The number of hydrogen-bond acceptors (Lipinski definition) is 6. The van der Waals surface area contributed by atoms with Crippen LogP contribution in [-0.2, 0) is 28.6 Å². The monoisotopic (exact) mass is 943 g/mol.